The molecular formula is C47H74N10O16S. The third-order valence-electron chi connectivity index (χ3n) is 11.5. The molecule has 0 bridgehead atoms. The Hall–Kier alpha value is -7.03. The van der Waals surface area contributed by atoms with Gasteiger partial charge in [0.25, 0.3) is 0 Å². The molecule has 0 aliphatic rings. The first-order valence-corrected chi connectivity index (χ1v) is 24.6. The molecule has 74 heavy (non-hydrogen) atoms. The van der Waals surface area contributed by atoms with E-state index in [1.54, 1.807) is 41.5 Å². The van der Waals surface area contributed by atoms with E-state index < -0.39 is 163 Å². The van der Waals surface area contributed by atoms with Crippen LogP contribution in [0.2, 0.25) is 0 Å². The maximum absolute atomic E-state index is 14.3. The van der Waals surface area contributed by atoms with Crippen LogP contribution in [0.5, 0.6) is 5.75 Å². The van der Waals surface area contributed by atoms with E-state index in [0.29, 0.717) is 12.0 Å². The standard InChI is InChI=1S/C47H74N10O16S/c1-9-24(8)38(57-44(69)36(49)22(4)5)46(71)55-32(20-74)43(68)50-27(14-15-33(48)59)39(64)51-28(17-25-10-12-26(58)13-11-25)42(67)56-37(23(6)7)45(70)53-30(19-35(62)63)40(65)52-29(18-34(60)61)41(66)54-31(47(72)73)16-21(2)3/h10-13,21-24,27-32,36-38,58,74H,9,14-20,49H2,1-8H3,(H2,48,59)(H,50,68)(H,51,64)(H,52,65)(H,53,70)(H,54,66)(H,55,71)(H,56,67)(H,57,69)(H,60,61)(H,62,63)(H,72,73)/t24-,27-,28-,29-,30-,31-,32-,36-,37-,38-/m0/s1. The summed E-state index contributed by atoms with van der Waals surface area (Å²) in [4.78, 5) is 157. The van der Waals surface area contributed by atoms with Crippen LogP contribution < -0.4 is 54.0 Å². The molecule has 0 unspecified atom stereocenters. The molecule has 0 radical (unpaired) electrons. The summed E-state index contributed by atoms with van der Waals surface area (Å²) in [6.07, 6.45) is -3.07. The fourth-order valence-corrected chi connectivity index (χ4v) is 7.20. The number of carboxylic acid groups (broad SMARTS) is 3. The number of thiol groups is 1. The summed E-state index contributed by atoms with van der Waals surface area (Å²) in [6.45, 7) is 13.2. The van der Waals surface area contributed by atoms with E-state index in [4.69, 9.17) is 11.5 Å². The number of rotatable bonds is 33. The molecule has 0 saturated heterocycles. The topological polar surface area (TPSA) is 434 Å². The summed E-state index contributed by atoms with van der Waals surface area (Å²) >= 11 is 4.21. The van der Waals surface area contributed by atoms with Gasteiger partial charge in [0.15, 0.2) is 0 Å². The van der Waals surface area contributed by atoms with Gasteiger partial charge in [-0.05, 0) is 54.2 Å². The average Bonchev–Trinajstić information content (AvgIpc) is 3.30. The number of carbonyl (C=O) groups is 12. The number of aromatic hydroxyl groups is 1. The van der Waals surface area contributed by atoms with Crippen LogP contribution in [0, 0.1) is 23.7 Å². The van der Waals surface area contributed by atoms with E-state index >= 15 is 0 Å². The molecule has 26 nitrogen and oxygen atoms in total. The normalized spacial score (nSPS) is 15.3. The highest BCUT2D eigenvalue weighted by atomic mass is 32.1. The molecule has 0 aromatic heterocycles. The largest absolute Gasteiger partial charge is 0.508 e. The molecule has 27 heteroatoms. The van der Waals surface area contributed by atoms with E-state index in [-0.39, 0.29) is 36.2 Å². The molecule has 0 spiro atoms. The zero-order valence-electron chi connectivity index (χ0n) is 42.8. The van der Waals surface area contributed by atoms with Crippen LogP contribution in [-0.4, -0.2) is 152 Å². The lowest BCUT2D eigenvalue weighted by Crippen LogP contribution is -2.62. The number of benzene rings is 1. The molecule has 1 aromatic carbocycles. The predicted octanol–water partition coefficient (Wildman–Crippen LogP) is -2.23. The van der Waals surface area contributed by atoms with E-state index in [9.17, 15) is 78.0 Å². The second-order valence-corrected chi connectivity index (χ2v) is 19.3. The van der Waals surface area contributed by atoms with Gasteiger partial charge in [0.05, 0.1) is 18.9 Å². The van der Waals surface area contributed by atoms with Crippen molar-refractivity contribution in [3.05, 3.63) is 29.8 Å². The summed E-state index contributed by atoms with van der Waals surface area (Å²) < 4.78 is 0. The first-order valence-electron chi connectivity index (χ1n) is 23.9. The van der Waals surface area contributed by atoms with Gasteiger partial charge in [-0.1, -0.05) is 73.9 Å². The van der Waals surface area contributed by atoms with Crippen LogP contribution in [-0.2, 0) is 64.0 Å². The summed E-state index contributed by atoms with van der Waals surface area (Å²) in [6, 6.07) is -8.41. The zero-order valence-corrected chi connectivity index (χ0v) is 43.7. The Morgan fingerprint density at radius 3 is 1.41 bits per heavy atom. The van der Waals surface area contributed by atoms with Crippen molar-refractivity contribution in [3.63, 3.8) is 0 Å². The number of nitrogens with one attached hydrogen (secondary N) is 8. The summed E-state index contributed by atoms with van der Waals surface area (Å²) in [5.41, 5.74) is 11.7. The van der Waals surface area contributed by atoms with Gasteiger partial charge in [0.1, 0.15) is 54.1 Å². The number of phenolic OH excluding ortho intramolecular Hbond substituents is 1. The lowest BCUT2D eigenvalue weighted by atomic mass is 9.96. The molecule has 0 fully saturated rings. The van der Waals surface area contributed by atoms with Gasteiger partial charge in [0.2, 0.25) is 53.2 Å². The van der Waals surface area contributed by atoms with Crippen LogP contribution in [0.1, 0.15) is 99.5 Å². The van der Waals surface area contributed by atoms with E-state index in [0.717, 1.165) is 0 Å². The number of phenols is 1. The second-order valence-electron chi connectivity index (χ2n) is 19.0. The van der Waals surface area contributed by atoms with Crippen molar-refractivity contribution in [2.24, 2.45) is 35.1 Å². The minimum atomic E-state index is -2.01. The predicted molar refractivity (Wildman–Crippen MR) is 268 cm³/mol. The van der Waals surface area contributed by atoms with Crippen LogP contribution in [0.3, 0.4) is 0 Å². The molecular weight excluding hydrogens is 993 g/mol. The number of amides is 9. The SMILES string of the molecule is CC[C@H](C)[C@H](NC(=O)[C@@H](N)C(C)C)C(=O)N[C@@H](CS)C(=O)N[C@@H](CCC(N)=O)C(=O)N[C@@H](Cc1ccc(O)cc1)C(=O)N[C@H](C(=O)N[C@@H](CC(=O)O)C(=O)N[C@@H](CC(=O)O)C(=O)N[C@@H](CC(C)C)C(=O)O)C(C)C. The van der Waals surface area contributed by atoms with Crippen LogP contribution in [0.15, 0.2) is 24.3 Å². The fraction of sp³-hybridized carbons (Fsp3) is 0.617. The van der Waals surface area contributed by atoms with Gasteiger partial charge in [0, 0.05) is 18.6 Å². The van der Waals surface area contributed by atoms with Crippen molar-refractivity contribution in [2.75, 3.05) is 5.75 Å². The van der Waals surface area contributed by atoms with Crippen LogP contribution in [0.4, 0.5) is 0 Å². The molecule has 0 aliphatic carbocycles. The lowest BCUT2D eigenvalue weighted by molar-refractivity contribution is -0.145. The first-order chi connectivity index (χ1) is 34.4. The third-order valence-corrected chi connectivity index (χ3v) is 11.9. The zero-order chi connectivity index (χ0) is 56.7. The van der Waals surface area contributed by atoms with Gasteiger partial charge in [-0.2, -0.15) is 12.6 Å². The molecule has 414 valence electrons. The Labute approximate surface area is 434 Å². The molecule has 1 aromatic rings. The van der Waals surface area contributed by atoms with Crippen LogP contribution >= 0.6 is 12.6 Å². The minimum absolute atomic E-state index is 0.0724. The van der Waals surface area contributed by atoms with Crippen molar-refractivity contribution < 1.29 is 78.0 Å². The van der Waals surface area contributed by atoms with Gasteiger partial charge >= 0.3 is 17.9 Å². The van der Waals surface area contributed by atoms with Gasteiger partial charge in [-0.15, -0.1) is 0 Å². The first kappa shape index (κ1) is 65.0. The number of hydrogen-bond donors (Lipinski definition) is 15. The number of nitrogens with two attached hydrogens (primary N) is 2. The van der Waals surface area contributed by atoms with Crippen molar-refractivity contribution in [3.8, 4) is 5.75 Å². The highest BCUT2D eigenvalue weighted by molar-refractivity contribution is 7.80. The van der Waals surface area contributed by atoms with Crippen molar-refractivity contribution in [1.82, 2.24) is 42.5 Å². The van der Waals surface area contributed by atoms with Crippen molar-refractivity contribution in [2.45, 2.75) is 155 Å². The highest BCUT2D eigenvalue weighted by Crippen LogP contribution is 2.15. The average molecular weight is 1070 g/mol. The lowest BCUT2D eigenvalue weighted by Gasteiger charge is -2.29. The summed E-state index contributed by atoms with van der Waals surface area (Å²) in [5, 5.41) is 57.7. The van der Waals surface area contributed by atoms with E-state index in [1.807, 2.05) is 0 Å². The Kier molecular flexibility index (Phi) is 27.7. The summed E-state index contributed by atoms with van der Waals surface area (Å²) in [5.74, 6) is -16.0. The monoisotopic (exact) mass is 1070 g/mol. The molecule has 9 amide bonds. The van der Waals surface area contributed by atoms with E-state index in [1.165, 1.54) is 38.1 Å². The van der Waals surface area contributed by atoms with Gasteiger partial charge < -0.3 is 74.4 Å². The number of carboxylic acids is 3. The molecule has 1 rings (SSSR count). The van der Waals surface area contributed by atoms with E-state index in [2.05, 4.69) is 55.2 Å². The minimum Gasteiger partial charge on any atom is -0.508 e. The molecule has 0 aliphatic heterocycles. The highest BCUT2D eigenvalue weighted by Gasteiger charge is 2.37. The Balaban J connectivity index is 3.57. The van der Waals surface area contributed by atoms with Crippen molar-refractivity contribution >= 4 is 83.7 Å². The number of hydrogen-bond acceptors (Lipinski definition) is 15. The number of carbonyl (C=O) groups excluding carboxylic acids is 9. The number of primary amides is 1. The van der Waals surface area contributed by atoms with Gasteiger partial charge in [-0.3, -0.25) is 52.7 Å². The molecule has 16 N–H and O–H groups in total. The Morgan fingerprint density at radius 1 is 0.541 bits per heavy atom. The Bertz CT molecular complexity index is 2160. The second kappa shape index (κ2) is 31.5. The smallest absolute Gasteiger partial charge is 0.326 e. The molecule has 10 atom stereocenters. The fourth-order valence-electron chi connectivity index (χ4n) is 6.94. The van der Waals surface area contributed by atoms with Crippen LogP contribution in [0.25, 0.3) is 0 Å². The van der Waals surface area contributed by atoms with Crippen molar-refractivity contribution in [1.29, 1.82) is 0 Å². The van der Waals surface area contributed by atoms with Gasteiger partial charge in [-0.25, -0.2) is 4.79 Å². The molecule has 0 heterocycles. The third kappa shape index (κ3) is 22.8. The quantitative estimate of drug-likeness (QED) is 0.0331. The summed E-state index contributed by atoms with van der Waals surface area (Å²) in [7, 11) is 0. The maximum atomic E-state index is 14.3. The maximum Gasteiger partial charge on any atom is 0.326 e. The number of aliphatic carboxylic acids is 3. The molecule has 0 saturated carbocycles. The Morgan fingerprint density at radius 2 is 0.959 bits per heavy atom.